The van der Waals surface area contributed by atoms with E-state index < -0.39 is 16.9 Å². The lowest BCUT2D eigenvalue weighted by atomic mass is 10.1. The van der Waals surface area contributed by atoms with Gasteiger partial charge in [0.2, 0.25) is 11.9 Å². The van der Waals surface area contributed by atoms with Gasteiger partial charge in [-0.3, -0.25) is 14.9 Å². The monoisotopic (exact) mass is 337 g/mol. The zero-order valence-electron chi connectivity index (χ0n) is 11.4. The Bertz CT molecular complexity index is 716. The molecular formula is C14H12ClN3O3S. The molecule has 0 bridgehead atoms. The van der Waals surface area contributed by atoms with Crippen LogP contribution >= 0.6 is 22.9 Å². The minimum atomic E-state index is -0.742. The fourth-order valence-electron chi connectivity index (χ4n) is 2.14. The third kappa shape index (κ3) is 3.42. The van der Waals surface area contributed by atoms with Gasteiger partial charge in [-0.2, -0.15) is 0 Å². The van der Waals surface area contributed by atoms with Gasteiger partial charge in [-0.15, -0.1) is 11.3 Å². The van der Waals surface area contributed by atoms with Gasteiger partial charge >= 0.3 is 0 Å². The number of carbonyl (C=O) groups excluding carboxylic acids is 1. The van der Waals surface area contributed by atoms with Crippen molar-refractivity contribution in [3.63, 3.8) is 0 Å². The normalized spacial score (nSPS) is 19.7. The molecule has 1 aliphatic carbocycles. The second-order valence-corrected chi connectivity index (χ2v) is 6.67. The number of rotatable bonds is 5. The Morgan fingerprint density at radius 3 is 2.82 bits per heavy atom. The molecule has 1 aliphatic rings. The first-order valence-corrected chi connectivity index (χ1v) is 7.86. The maximum Gasteiger partial charge on any atom is 0.236 e. The van der Waals surface area contributed by atoms with Crippen molar-refractivity contribution in [3.8, 4) is 0 Å². The molecule has 1 saturated carbocycles. The van der Waals surface area contributed by atoms with Crippen LogP contribution in [0.15, 0.2) is 30.5 Å². The number of benzene rings is 1. The second-order valence-electron chi connectivity index (χ2n) is 5.12. The van der Waals surface area contributed by atoms with Gasteiger partial charge in [0.25, 0.3) is 0 Å². The van der Waals surface area contributed by atoms with E-state index in [1.807, 2.05) is 24.3 Å². The van der Waals surface area contributed by atoms with Gasteiger partial charge in [-0.05, 0) is 17.7 Å². The smallest absolute Gasteiger partial charge is 0.236 e. The molecule has 0 radical (unpaired) electrons. The van der Waals surface area contributed by atoms with Crippen molar-refractivity contribution in [1.82, 2.24) is 4.98 Å². The summed E-state index contributed by atoms with van der Waals surface area (Å²) >= 11 is 7.21. The summed E-state index contributed by atoms with van der Waals surface area (Å²) in [5.74, 6) is -0.854. The SMILES string of the molecule is O=C(Nc1ncc(Cc2ccc(Cl)cc2)s1)C1CC1[N+](=O)[O-]. The van der Waals surface area contributed by atoms with Gasteiger partial charge in [-0.1, -0.05) is 23.7 Å². The summed E-state index contributed by atoms with van der Waals surface area (Å²) in [6, 6.07) is 6.78. The van der Waals surface area contributed by atoms with Gasteiger partial charge in [0.05, 0.1) is 0 Å². The fourth-order valence-corrected chi connectivity index (χ4v) is 3.12. The van der Waals surface area contributed by atoms with Crippen molar-refractivity contribution in [2.45, 2.75) is 18.9 Å². The highest BCUT2D eigenvalue weighted by Gasteiger charge is 2.53. The predicted molar refractivity (Wildman–Crippen MR) is 83.9 cm³/mol. The number of amides is 1. The third-order valence-electron chi connectivity index (χ3n) is 3.44. The average Bonchev–Trinajstić information content (AvgIpc) is 3.18. The highest BCUT2D eigenvalue weighted by Crippen LogP contribution is 2.34. The lowest BCUT2D eigenvalue weighted by Crippen LogP contribution is -2.18. The molecular weight excluding hydrogens is 326 g/mol. The van der Waals surface area contributed by atoms with Crippen LogP contribution in [0.1, 0.15) is 16.9 Å². The summed E-state index contributed by atoms with van der Waals surface area (Å²) < 4.78 is 0. The van der Waals surface area contributed by atoms with Crippen molar-refractivity contribution in [2.75, 3.05) is 5.32 Å². The molecule has 2 unspecified atom stereocenters. The first kappa shape index (κ1) is 14.9. The summed E-state index contributed by atoms with van der Waals surface area (Å²) in [6.45, 7) is 0. The van der Waals surface area contributed by atoms with Crippen LogP contribution in [0.4, 0.5) is 5.13 Å². The zero-order chi connectivity index (χ0) is 15.7. The van der Waals surface area contributed by atoms with Crippen LogP contribution in [-0.4, -0.2) is 21.9 Å². The Kier molecular flexibility index (Phi) is 4.08. The Morgan fingerprint density at radius 1 is 1.45 bits per heavy atom. The highest BCUT2D eigenvalue weighted by molar-refractivity contribution is 7.15. The molecule has 1 amide bonds. The standard InChI is InChI=1S/C14H12ClN3O3S/c15-9-3-1-8(2-4-9)5-10-7-16-14(22-10)17-13(19)11-6-12(11)18(20)21/h1-4,7,11-12H,5-6H2,(H,16,17,19). The quantitative estimate of drug-likeness (QED) is 0.671. The highest BCUT2D eigenvalue weighted by atomic mass is 35.5. The van der Waals surface area contributed by atoms with Crippen molar-refractivity contribution in [3.05, 3.63) is 56.0 Å². The molecule has 0 spiro atoms. The minimum absolute atomic E-state index is 0.307. The van der Waals surface area contributed by atoms with E-state index in [2.05, 4.69) is 10.3 Å². The van der Waals surface area contributed by atoms with Crippen molar-refractivity contribution in [1.29, 1.82) is 0 Å². The van der Waals surface area contributed by atoms with Gasteiger partial charge in [-0.25, -0.2) is 4.98 Å². The van der Waals surface area contributed by atoms with Crippen LogP contribution in [0.3, 0.4) is 0 Å². The van der Waals surface area contributed by atoms with Gasteiger partial charge in [0.1, 0.15) is 5.92 Å². The summed E-state index contributed by atoms with van der Waals surface area (Å²) in [4.78, 5) is 27.1. The van der Waals surface area contributed by atoms with Crippen LogP contribution in [0.5, 0.6) is 0 Å². The van der Waals surface area contributed by atoms with Gasteiger partial charge < -0.3 is 5.32 Å². The van der Waals surface area contributed by atoms with Crippen LogP contribution in [-0.2, 0) is 11.2 Å². The lowest BCUT2D eigenvalue weighted by Gasteiger charge is -1.99. The Morgan fingerprint density at radius 2 is 2.18 bits per heavy atom. The van der Waals surface area contributed by atoms with E-state index in [-0.39, 0.29) is 5.91 Å². The molecule has 8 heteroatoms. The van der Waals surface area contributed by atoms with E-state index in [1.165, 1.54) is 11.3 Å². The number of nitrogens with one attached hydrogen (secondary N) is 1. The molecule has 3 rings (SSSR count). The van der Waals surface area contributed by atoms with Crippen molar-refractivity contribution >= 4 is 34.0 Å². The van der Waals surface area contributed by atoms with Gasteiger partial charge in [0.15, 0.2) is 5.13 Å². The Balaban J connectivity index is 1.58. The molecule has 0 saturated heterocycles. The second kappa shape index (κ2) is 6.02. The third-order valence-corrected chi connectivity index (χ3v) is 4.60. The number of hydrogen-bond acceptors (Lipinski definition) is 5. The van der Waals surface area contributed by atoms with Gasteiger partial charge in [0, 0.05) is 33.9 Å². The van der Waals surface area contributed by atoms with Crippen LogP contribution in [0.2, 0.25) is 5.02 Å². The van der Waals surface area contributed by atoms with Crippen LogP contribution < -0.4 is 5.32 Å². The summed E-state index contributed by atoms with van der Waals surface area (Å²) in [6.07, 6.45) is 2.71. The van der Waals surface area contributed by atoms with E-state index in [1.54, 1.807) is 6.20 Å². The van der Waals surface area contributed by atoms with Crippen molar-refractivity contribution < 1.29 is 9.72 Å². The van der Waals surface area contributed by atoms with E-state index in [0.29, 0.717) is 23.0 Å². The molecule has 1 aromatic carbocycles. The maximum atomic E-state index is 11.8. The molecule has 1 aromatic heterocycles. The molecule has 2 atom stereocenters. The summed E-state index contributed by atoms with van der Waals surface area (Å²) in [7, 11) is 0. The van der Waals surface area contributed by atoms with E-state index in [0.717, 1.165) is 10.4 Å². The lowest BCUT2D eigenvalue weighted by molar-refractivity contribution is -0.497. The zero-order valence-corrected chi connectivity index (χ0v) is 12.9. The van der Waals surface area contributed by atoms with E-state index >= 15 is 0 Å². The summed E-state index contributed by atoms with van der Waals surface area (Å²) in [5, 5.41) is 14.4. The first-order valence-electron chi connectivity index (χ1n) is 6.66. The molecule has 2 aromatic rings. The minimum Gasteiger partial charge on any atom is -0.301 e. The number of carbonyl (C=O) groups is 1. The number of halogens is 1. The molecule has 114 valence electrons. The van der Waals surface area contributed by atoms with Crippen LogP contribution in [0, 0.1) is 16.0 Å². The molecule has 1 fully saturated rings. The predicted octanol–water partition coefficient (Wildman–Crippen LogP) is 2.99. The number of thiazole rings is 1. The summed E-state index contributed by atoms with van der Waals surface area (Å²) in [5.41, 5.74) is 1.10. The molecule has 22 heavy (non-hydrogen) atoms. The number of nitro groups is 1. The first-order chi connectivity index (χ1) is 10.5. The molecule has 1 N–H and O–H groups in total. The molecule has 6 nitrogen and oxygen atoms in total. The molecule has 1 heterocycles. The topological polar surface area (TPSA) is 85.1 Å². The fraction of sp³-hybridized carbons (Fsp3) is 0.286. The Hall–Kier alpha value is -1.99. The van der Waals surface area contributed by atoms with E-state index in [9.17, 15) is 14.9 Å². The van der Waals surface area contributed by atoms with Crippen LogP contribution in [0.25, 0.3) is 0 Å². The number of hydrogen-bond donors (Lipinski definition) is 1. The van der Waals surface area contributed by atoms with E-state index in [4.69, 9.17) is 11.6 Å². The van der Waals surface area contributed by atoms with Crippen molar-refractivity contribution in [2.24, 2.45) is 5.92 Å². The number of nitrogens with zero attached hydrogens (tertiary/aromatic N) is 2. The largest absolute Gasteiger partial charge is 0.301 e. The Labute approximate surface area is 135 Å². The molecule has 0 aliphatic heterocycles. The number of aromatic nitrogens is 1. The maximum absolute atomic E-state index is 11.8. The average molecular weight is 338 g/mol. The number of anilines is 1.